The highest BCUT2D eigenvalue weighted by Crippen LogP contribution is 2.07. The summed E-state index contributed by atoms with van der Waals surface area (Å²) in [5.74, 6) is 0.697. The molecule has 0 bridgehead atoms. The number of amides is 3. The van der Waals surface area contributed by atoms with Crippen LogP contribution in [0.5, 0.6) is 0 Å². The van der Waals surface area contributed by atoms with Crippen molar-refractivity contribution in [3.63, 3.8) is 0 Å². The quantitative estimate of drug-likeness (QED) is 0.826. The van der Waals surface area contributed by atoms with E-state index in [0.29, 0.717) is 5.92 Å². The molecule has 0 aliphatic carbocycles. The second kappa shape index (κ2) is 7.64. The Hall–Kier alpha value is -1.30. The molecule has 0 aromatic heterocycles. The lowest BCUT2D eigenvalue weighted by Gasteiger charge is -2.35. The van der Waals surface area contributed by atoms with Crippen LogP contribution in [0, 0.1) is 5.92 Å². The number of hydrogen-bond donors (Lipinski definition) is 1. The summed E-state index contributed by atoms with van der Waals surface area (Å²) >= 11 is 0. The summed E-state index contributed by atoms with van der Waals surface area (Å²) in [6.07, 6.45) is 2.16. The lowest BCUT2D eigenvalue weighted by Crippen LogP contribution is -2.53. The maximum Gasteiger partial charge on any atom is 0.317 e. The van der Waals surface area contributed by atoms with Crippen molar-refractivity contribution in [2.24, 2.45) is 5.92 Å². The molecule has 0 atom stereocenters. The second-order valence-electron chi connectivity index (χ2n) is 6.43. The standard InChI is InChI=1S/C15H28N4O2/c1-13(2)12-17-7-9-19(10-8-17)15(21)16-11-14(20)18-5-3-4-6-18/h13H,3-12H2,1-2H3,(H,16,21). The van der Waals surface area contributed by atoms with Crippen molar-refractivity contribution in [3.8, 4) is 0 Å². The van der Waals surface area contributed by atoms with Crippen molar-refractivity contribution < 1.29 is 9.59 Å². The van der Waals surface area contributed by atoms with Gasteiger partial charge in [0.05, 0.1) is 6.54 Å². The Kier molecular flexibility index (Phi) is 5.85. The maximum atomic E-state index is 12.1. The van der Waals surface area contributed by atoms with Gasteiger partial charge >= 0.3 is 6.03 Å². The second-order valence-corrected chi connectivity index (χ2v) is 6.43. The fraction of sp³-hybridized carbons (Fsp3) is 0.867. The Labute approximate surface area is 127 Å². The predicted octanol–water partition coefficient (Wildman–Crippen LogP) is 0.592. The van der Waals surface area contributed by atoms with E-state index in [4.69, 9.17) is 0 Å². The molecule has 0 aromatic carbocycles. The molecule has 6 heteroatoms. The van der Waals surface area contributed by atoms with Crippen LogP contribution in [0.25, 0.3) is 0 Å². The number of likely N-dealkylation sites (tertiary alicyclic amines) is 1. The van der Waals surface area contributed by atoms with Gasteiger partial charge in [-0.3, -0.25) is 9.69 Å². The molecule has 0 unspecified atom stereocenters. The van der Waals surface area contributed by atoms with E-state index in [-0.39, 0.29) is 18.5 Å². The fourth-order valence-corrected chi connectivity index (χ4v) is 2.99. The predicted molar refractivity (Wildman–Crippen MR) is 82.1 cm³/mol. The minimum Gasteiger partial charge on any atom is -0.341 e. The van der Waals surface area contributed by atoms with Gasteiger partial charge in [0, 0.05) is 45.8 Å². The van der Waals surface area contributed by atoms with Crippen LogP contribution < -0.4 is 5.32 Å². The van der Waals surface area contributed by atoms with E-state index in [1.165, 1.54) is 0 Å². The summed E-state index contributed by atoms with van der Waals surface area (Å²) < 4.78 is 0. The zero-order valence-corrected chi connectivity index (χ0v) is 13.3. The molecule has 2 rings (SSSR count). The number of nitrogens with one attached hydrogen (secondary N) is 1. The average molecular weight is 296 g/mol. The number of nitrogens with zero attached hydrogens (tertiary/aromatic N) is 3. The van der Waals surface area contributed by atoms with Crippen LogP contribution in [-0.2, 0) is 4.79 Å². The Bertz CT molecular complexity index is 359. The summed E-state index contributed by atoms with van der Waals surface area (Å²) in [5.41, 5.74) is 0. The van der Waals surface area contributed by atoms with E-state index >= 15 is 0 Å². The van der Waals surface area contributed by atoms with Crippen molar-refractivity contribution in [1.29, 1.82) is 0 Å². The summed E-state index contributed by atoms with van der Waals surface area (Å²) in [6, 6.07) is -0.105. The molecular weight excluding hydrogens is 268 g/mol. The van der Waals surface area contributed by atoms with Crippen LogP contribution in [0.1, 0.15) is 26.7 Å². The monoisotopic (exact) mass is 296 g/mol. The first kappa shape index (κ1) is 16.1. The smallest absolute Gasteiger partial charge is 0.317 e. The highest BCUT2D eigenvalue weighted by Gasteiger charge is 2.23. The first-order valence-corrected chi connectivity index (χ1v) is 8.09. The fourth-order valence-electron chi connectivity index (χ4n) is 2.99. The number of hydrogen-bond acceptors (Lipinski definition) is 3. The lowest BCUT2D eigenvalue weighted by atomic mass is 10.2. The van der Waals surface area contributed by atoms with E-state index in [1.54, 1.807) is 0 Å². The number of urea groups is 1. The Morgan fingerprint density at radius 3 is 2.14 bits per heavy atom. The molecule has 0 radical (unpaired) electrons. The Morgan fingerprint density at radius 1 is 0.952 bits per heavy atom. The van der Waals surface area contributed by atoms with Crippen LogP contribution in [0.4, 0.5) is 4.79 Å². The van der Waals surface area contributed by atoms with E-state index < -0.39 is 0 Å². The van der Waals surface area contributed by atoms with Crippen LogP contribution in [0.15, 0.2) is 0 Å². The molecule has 0 aromatic rings. The van der Waals surface area contributed by atoms with Gasteiger partial charge in [-0.15, -0.1) is 0 Å². The number of rotatable bonds is 4. The summed E-state index contributed by atoms with van der Waals surface area (Å²) in [7, 11) is 0. The van der Waals surface area contributed by atoms with Crippen LogP contribution in [-0.4, -0.2) is 79.0 Å². The molecule has 2 saturated heterocycles. The lowest BCUT2D eigenvalue weighted by molar-refractivity contribution is -0.129. The molecular formula is C15H28N4O2. The first-order chi connectivity index (χ1) is 10.1. The summed E-state index contributed by atoms with van der Waals surface area (Å²) in [5, 5.41) is 2.76. The third kappa shape index (κ3) is 4.88. The molecule has 2 aliphatic rings. The van der Waals surface area contributed by atoms with Gasteiger partial charge in [0.25, 0.3) is 0 Å². The van der Waals surface area contributed by atoms with Gasteiger partial charge in [-0.2, -0.15) is 0 Å². The van der Waals surface area contributed by atoms with Gasteiger partial charge in [-0.05, 0) is 18.8 Å². The molecule has 1 N–H and O–H groups in total. The van der Waals surface area contributed by atoms with Gasteiger partial charge in [-0.25, -0.2) is 4.79 Å². The van der Waals surface area contributed by atoms with E-state index in [2.05, 4.69) is 24.1 Å². The molecule has 2 fully saturated rings. The maximum absolute atomic E-state index is 12.1. The van der Waals surface area contributed by atoms with Crippen molar-refractivity contribution >= 4 is 11.9 Å². The minimum absolute atomic E-state index is 0.0410. The molecule has 120 valence electrons. The van der Waals surface area contributed by atoms with Gasteiger partial charge in [0.2, 0.25) is 5.91 Å². The van der Waals surface area contributed by atoms with Crippen molar-refractivity contribution in [3.05, 3.63) is 0 Å². The largest absolute Gasteiger partial charge is 0.341 e. The normalized spacial score (nSPS) is 20.1. The first-order valence-electron chi connectivity index (χ1n) is 8.09. The zero-order valence-electron chi connectivity index (χ0n) is 13.3. The third-order valence-electron chi connectivity index (χ3n) is 4.13. The zero-order chi connectivity index (χ0) is 15.2. The minimum atomic E-state index is -0.105. The third-order valence-corrected chi connectivity index (χ3v) is 4.13. The van der Waals surface area contributed by atoms with E-state index in [9.17, 15) is 9.59 Å². The summed E-state index contributed by atoms with van der Waals surface area (Å²) in [6.45, 7) is 10.6. The van der Waals surface area contributed by atoms with E-state index in [1.807, 2.05) is 9.80 Å². The number of piperazine rings is 1. The van der Waals surface area contributed by atoms with Gasteiger partial charge in [-0.1, -0.05) is 13.8 Å². The Morgan fingerprint density at radius 2 is 1.57 bits per heavy atom. The highest BCUT2D eigenvalue weighted by atomic mass is 16.2. The van der Waals surface area contributed by atoms with Gasteiger partial charge < -0.3 is 15.1 Å². The molecule has 0 saturated carbocycles. The molecule has 21 heavy (non-hydrogen) atoms. The summed E-state index contributed by atoms with van der Waals surface area (Å²) in [4.78, 5) is 30.0. The molecule has 3 amide bonds. The highest BCUT2D eigenvalue weighted by molar-refractivity contribution is 5.84. The van der Waals surface area contributed by atoms with Crippen LogP contribution in [0.2, 0.25) is 0 Å². The Balaban J connectivity index is 1.66. The van der Waals surface area contributed by atoms with Gasteiger partial charge in [0.15, 0.2) is 0 Å². The number of carbonyl (C=O) groups excluding carboxylic acids is 2. The number of carbonyl (C=O) groups is 2. The van der Waals surface area contributed by atoms with Crippen molar-refractivity contribution in [2.75, 3.05) is 52.4 Å². The topological polar surface area (TPSA) is 55.9 Å². The van der Waals surface area contributed by atoms with Crippen molar-refractivity contribution in [1.82, 2.24) is 20.0 Å². The molecule has 2 aliphatic heterocycles. The SMILES string of the molecule is CC(C)CN1CCN(C(=O)NCC(=O)N2CCCC2)CC1. The van der Waals surface area contributed by atoms with Crippen LogP contribution in [0.3, 0.4) is 0 Å². The van der Waals surface area contributed by atoms with Crippen molar-refractivity contribution in [2.45, 2.75) is 26.7 Å². The average Bonchev–Trinajstić information content (AvgIpc) is 2.99. The van der Waals surface area contributed by atoms with Gasteiger partial charge in [0.1, 0.15) is 0 Å². The molecule has 6 nitrogen and oxygen atoms in total. The molecule has 2 heterocycles. The van der Waals surface area contributed by atoms with E-state index in [0.717, 1.165) is 58.7 Å². The van der Waals surface area contributed by atoms with Crippen LogP contribution >= 0.6 is 0 Å². The molecule has 0 spiro atoms.